The van der Waals surface area contributed by atoms with E-state index in [-0.39, 0.29) is 17.9 Å². The first-order valence-corrected chi connectivity index (χ1v) is 5.65. The van der Waals surface area contributed by atoms with Crippen molar-refractivity contribution >= 4 is 5.97 Å². The third kappa shape index (κ3) is 2.39. The molecule has 1 aromatic rings. The van der Waals surface area contributed by atoms with Gasteiger partial charge in [0, 0.05) is 11.0 Å². The zero-order chi connectivity index (χ0) is 14.4. The average Bonchev–Trinajstić information content (AvgIpc) is 2.25. The Labute approximate surface area is 108 Å². The Morgan fingerprint density at radius 2 is 1.95 bits per heavy atom. The number of rotatable bonds is 1. The van der Waals surface area contributed by atoms with E-state index in [0.717, 1.165) is 6.07 Å². The number of ether oxygens (including phenoxy) is 2. The number of carbonyl (C=O) groups excluding carboxylic acids is 1. The molecule has 1 aliphatic heterocycles. The van der Waals surface area contributed by atoms with Crippen molar-refractivity contribution in [2.75, 3.05) is 7.11 Å². The molecule has 0 saturated heterocycles. The van der Waals surface area contributed by atoms with Crippen LogP contribution in [-0.2, 0) is 16.4 Å². The Balaban J connectivity index is 2.66. The van der Waals surface area contributed by atoms with Crippen LogP contribution in [0.2, 0.25) is 0 Å². The van der Waals surface area contributed by atoms with Gasteiger partial charge in [0.25, 0.3) is 0 Å². The van der Waals surface area contributed by atoms with Gasteiger partial charge in [0.1, 0.15) is 17.1 Å². The van der Waals surface area contributed by atoms with E-state index in [9.17, 15) is 18.0 Å². The molecule has 0 N–H and O–H groups in total. The predicted molar refractivity (Wildman–Crippen MR) is 61.3 cm³/mol. The molecule has 1 heterocycles. The van der Waals surface area contributed by atoms with Crippen molar-refractivity contribution in [2.45, 2.75) is 31.9 Å². The summed E-state index contributed by atoms with van der Waals surface area (Å²) in [5.41, 5.74) is -0.988. The Hall–Kier alpha value is -1.72. The first kappa shape index (κ1) is 13.7. The van der Waals surface area contributed by atoms with E-state index in [1.54, 1.807) is 13.8 Å². The molecule has 0 spiro atoms. The molecule has 6 heteroatoms. The van der Waals surface area contributed by atoms with E-state index in [0.29, 0.717) is 5.56 Å². The Morgan fingerprint density at radius 1 is 1.32 bits per heavy atom. The van der Waals surface area contributed by atoms with E-state index < -0.39 is 23.1 Å². The first-order valence-electron chi connectivity index (χ1n) is 5.65. The van der Waals surface area contributed by atoms with Gasteiger partial charge in [-0.3, -0.25) is 4.79 Å². The molecular formula is C13H13F3O3. The third-order valence-corrected chi connectivity index (χ3v) is 3.15. The van der Waals surface area contributed by atoms with Crippen molar-refractivity contribution in [3.05, 3.63) is 23.3 Å². The van der Waals surface area contributed by atoms with Crippen LogP contribution in [0.25, 0.3) is 0 Å². The molecule has 0 aliphatic carbocycles. The van der Waals surface area contributed by atoms with Gasteiger partial charge >= 0.3 is 12.1 Å². The molecule has 0 radical (unpaired) electrons. The van der Waals surface area contributed by atoms with Gasteiger partial charge in [-0.05, 0) is 12.1 Å². The second-order valence-electron chi connectivity index (χ2n) is 5.08. The normalized spacial score (nSPS) is 17.7. The van der Waals surface area contributed by atoms with Gasteiger partial charge in [-0.15, -0.1) is 0 Å². The Bertz CT molecular complexity index is 533. The number of hydrogen-bond donors (Lipinski definition) is 0. The summed E-state index contributed by atoms with van der Waals surface area (Å²) >= 11 is 0. The summed E-state index contributed by atoms with van der Waals surface area (Å²) in [5, 5.41) is 0. The summed E-state index contributed by atoms with van der Waals surface area (Å²) in [6, 6.07) is 2.12. The first-order chi connectivity index (χ1) is 8.65. The van der Waals surface area contributed by atoms with Crippen LogP contribution < -0.4 is 9.47 Å². The SMILES string of the molecule is COc1cc2c(cc1C(F)(F)F)OC(=O)CC2(C)C. The molecule has 104 valence electrons. The van der Waals surface area contributed by atoms with Crippen molar-refractivity contribution in [3.63, 3.8) is 0 Å². The number of alkyl halides is 3. The maximum Gasteiger partial charge on any atom is 0.420 e. The fourth-order valence-electron chi connectivity index (χ4n) is 2.18. The van der Waals surface area contributed by atoms with Crippen LogP contribution >= 0.6 is 0 Å². The maximum atomic E-state index is 12.9. The molecule has 0 aromatic heterocycles. The van der Waals surface area contributed by atoms with E-state index >= 15 is 0 Å². The second kappa shape index (κ2) is 4.15. The Morgan fingerprint density at radius 3 is 2.47 bits per heavy atom. The molecule has 2 rings (SSSR count). The Kier molecular flexibility index (Phi) is 2.99. The number of benzene rings is 1. The van der Waals surface area contributed by atoms with Crippen LogP contribution in [0.1, 0.15) is 31.4 Å². The van der Waals surface area contributed by atoms with Gasteiger partial charge in [0.15, 0.2) is 0 Å². The minimum atomic E-state index is -4.56. The summed E-state index contributed by atoms with van der Waals surface area (Å²) in [4.78, 5) is 11.4. The van der Waals surface area contributed by atoms with Crippen LogP contribution in [0.3, 0.4) is 0 Å². The lowest BCUT2D eigenvalue weighted by atomic mass is 9.79. The molecule has 0 amide bonds. The van der Waals surface area contributed by atoms with Crippen LogP contribution in [-0.4, -0.2) is 13.1 Å². The van der Waals surface area contributed by atoms with Gasteiger partial charge in [-0.1, -0.05) is 13.8 Å². The summed E-state index contributed by atoms with van der Waals surface area (Å²) in [7, 11) is 1.18. The van der Waals surface area contributed by atoms with E-state index in [1.165, 1.54) is 13.2 Å². The number of esters is 1. The summed E-state index contributed by atoms with van der Waals surface area (Å²) in [5.74, 6) is -0.845. The number of halogens is 3. The molecule has 1 aromatic carbocycles. The van der Waals surface area contributed by atoms with Crippen LogP contribution in [0, 0.1) is 0 Å². The molecule has 1 aliphatic rings. The predicted octanol–water partition coefficient (Wildman–Crippen LogP) is 3.30. The molecule has 0 bridgehead atoms. The minimum Gasteiger partial charge on any atom is -0.496 e. The zero-order valence-electron chi connectivity index (χ0n) is 10.7. The van der Waals surface area contributed by atoms with Gasteiger partial charge in [0.05, 0.1) is 13.5 Å². The molecule has 0 unspecified atom stereocenters. The average molecular weight is 274 g/mol. The summed E-state index contributed by atoms with van der Waals surface area (Å²) in [6.45, 7) is 3.55. The van der Waals surface area contributed by atoms with Crippen LogP contribution in [0.15, 0.2) is 12.1 Å². The zero-order valence-corrected chi connectivity index (χ0v) is 10.7. The highest BCUT2D eigenvalue weighted by molar-refractivity contribution is 5.78. The fraction of sp³-hybridized carbons (Fsp3) is 0.462. The molecule has 0 saturated carbocycles. The third-order valence-electron chi connectivity index (χ3n) is 3.15. The lowest BCUT2D eigenvalue weighted by Crippen LogP contribution is -2.31. The highest BCUT2D eigenvalue weighted by Gasteiger charge is 2.40. The maximum absolute atomic E-state index is 12.9. The van der Waals surface area contributed by atoms with E-state index in [4.69, 9.17) is 9.47 Å². The van der Waals surface area contributed by atoms with E-state index in [1.807, 2.05) is 0 Å². The van der Waals surface area contributed by atoms with Crippen molar-refractivity contribution in [2.24, 2.45) is 0 Å². The highest BCUT2D eigenvalue weighted by atomic mass is 19.4. The van der Waals surface area contributed by atoms with Crippen molar-refractivity contribution in [1.29, 1.82) is 0 Å². The smallest absolute Gasteiger partial charge is 0.420 e. The molecule has 19 heavy (non-hydrogen) atoms. The molecule has 0 atom stereocenters. The minimum absolute atomic E-state index is 0.0469. The highest BCUT2D eigenvalue weighted by Crippen LogP contribution is 2.46. The number of carbonyl (C=O) groups is 1. The number of hydrogen-bond acceptors (Lipinski definition) is 3. The summed E-state index contributed by atoms with van der Waals surface area (Å²) < 4.78 is 48.3. The van der Waals surface area contributed by atoms with Gasteiger partial charge in [-0.2, -0.15) is 13.2 Å². The largest absolute Gasteiger partial charge is 0.496 e. The fourth-order valence-corrected chi connectivity index (χ4v) is 2.18. The molecular weight excluding hydrogens is 261 g/mol. The van der Waals surface area contributed by atoms with Crippen LogP contribution in [0.5, 0.6) is 11.5 Å². The monoisotopic (exact) mass is 274 g/mol. The number of fused-ring (bicyclic) bond motifs is 1. The lowest BCUT2D eigenvalue weighted by molar-refractivity contribution is -0.141. The summed E-state index contributed by atoms with van der Waals surface area (Å²) in [6.07, 6.45) is -4.44. The second-order valence-corrected chi connectivity index (χ2v) is 5.08. The standard InChI is InChI=1S/C13H13F3O3/c1-12(2)6-11(17)19-10-5-8(13(14,15)16)9(18-3)4-7(10)12/h4-5H,6H2,1-3H3. The van der Waals surface area contributed by atoms with Gasteiger partial charge < -0.3 is 9.47 Å². The van der Waals surface area contributed by atoms with Crippen molar-refractivity contribution < 1.29 is 27.4 Å². The number of methoxy groups -OCH3 is 1. The topological polar surface area (TPSA) is 35.5 Å². The van der Waals surface area contributed by atoms with Gasteiger partial charge in [-0.25, -0.2) is 0 Å². The van der Waals surface area contributed by atoms with E-state index in [2.05, 4.69) is 0 Å². The van der Waals surface area contributed by atoms with Crippen molar-refractivity contribution in [3.8, 4) is 11.5 Å². The lowest BCUT2D eigenvalue weighted by Gasteiger charge is -2.31. The molecule has 3 nitrogen and oxygen atoms in total. The quantitative estimate of drug-likeness (QED) is 0.582. The van der Waals surface area contributed by atoms with Gasteiger partial charge in [0.2, 0.25) is 0 Å². The van der Waals surface area contributed by atoms with Crippen molar-refractivity contribution in [1.82, 2.24) is 0 Å². The van der Waals surface area contributed by atoms with Crippen LogP contribution in [0.4, 0.5) is 13.2 Å². The molecule has 0 fully saturated rings.